The molecule has 118 valence electrons. The molecule has 6 nitrogen and oxygen atoms in total. The molecule has 6 heteroatoms. The number of amides is 1. The monoisotopic (exact) mass is 312 g/mol. The molecule has 1 amide bonds. The van der Waals surface area contributed by atoms with Gasteiger partial charge in [0.2, 0.25) is 0 Å². The first-order chi connectivity index (χ1) is 11.1. The van der Waals surface area contributed by atoms with Gasteiger partial charge in [-0.25, -0.2) is 4.79 Å². The fourth-order valence-electron chi connectivity index (χ4n) is 2.30. The second kappa shape index (κ2) is 6.00. The van der Waals surface area contributed by atoms with Crippen molar-refractivity contribution < 1.29 is 13.9 Å². The van der Waals surface area contributed by atoms with Crippen molar-refractivity contribution in [1.82, 2.24) is 9.88 Å². The number of aryl methyl sites for hydroxylation is 1. The molecule has 0 saturated carbocycles. The average molecular weight is 312 g/mol. The molecular weight excluding hydrogens is 296 g/mol. The summed E-state index contributed by atoms with van der Waals surface area (Å²) in [6, 6.07) is 12.4. The van der Waals surface area contributed by atoms with E-state index in [1.54, 1.807) is 32.4 Å². The topological polar surface area (TPSA) is 73.5 Å². The second-order valence-corrected chi connectivity index (χ2v) is 5.14. The predicted octanol–water partition coefficient (Wildman–Crippen LogP) is 2.07. The van der Waals surface area contributed by atoms with E-state index in [1.807, 2.05) is 24.3 Å². The summed E-state index contributed by atoms with van der Waals surface area (Å²) in [4.78, 5) is 23.7. The molecular formula is C17H16N2O4. The minimum atomic E-state index is -0.448. The number of carbonyl (C=O) groups is 1. The third-order valence-corrected chi connectivity index (χ3v) is 3.67. The van der Waals surface area contributed by atoms with E-state index in [-0.39, 0.29) is 5.91 Å². The molecule has 1 heterocycles. The van der Waals surface area contributed by atoms with Gasteiger partial charge in [-0.3, -0.25) is 9.36 Å². The Balaban J connectivity index is 1.73. The molecule has 0 saturated heterocycles. The second-order valence-electron chi connectivity index (χ2n) is 5.14. The van der Waals surface area contributed by atoms with E-state index in [9.17, 15) is 9.59 Å². The number of ether oxygens (including phenoxy) is 1. The first-order valence-corrected chi connectivity index (χ1v) is 7.09. The van der Waals surface area contributed by atoms with Crippen LogP contribution in [-0.4, -0.2) is 17.6 Å². The van der Waals surface area contributed by atoms with Gasteiger partial charge in [0, 0.05) is 19.2 Å². The molecule has 1 aromatic heterocycles. The standard InChI is InChI=1S/C17H16N2O4/c1-19-14-8-5-12(9-15(14)23-17(19)21)16(20)18-10-11-3-6-13(22-2)7-4-11/h3-9H,10H2,1-2H3,(H,18,20). The summed E-state index contributed by atoms with van der Waals surface area (Å²) in [5.74, 6) is 0.0923. The van der Waals surface area contributed by atoms with Gasteiger partial charge >= 0.3 is 5.76 Å². The quantitative estimate of drug-likeness (QED) is 0.800. The Bertz CT molecular complexity index is 906. The van der Waals surface area contributed by atoms with E-state index in [0.717, 1.165) is 11.3 Å². The van der Waals surface area contributed by atoms with Gasteiger partial charge in [0.25, 0.3) is 5.91 Å². The van der Waals surface area contributed by atoms with Gasteiger partial charge in [0.1, 0.15) is 5.75 Å². The highest BCUT2D eigenvalue weighted by molar-refractivity contribution is 5.97. The van der Waals surface area contributed by atoms with Gasteiger partial charge in [0.05, 0.1) is 12.6 Å². The number of fused-ring (bicyclic) bond motifs is 1. The summed E-state index contributed by atoms with van der Waals surface area (Å²) in [7, 11) is 3.23. The number of oxazole rings is 1. The molecule has 1 N–H and O–H groups in total. The van der Waals surface area contributed by atoms with Crippen LogP contribution in [0.2, 0.25) is 0 Å². The molecule has 0 aliphatic heterocycles. The first-order valence-electron chi connectivity index (χ1n) is 7.09. The van der Waals surface area contributed by atoms with Gasteiger partial charge in [-0.15, -0.1) is 0 Å². The van der Waals surface area contributed by atoms with Gasteiger partial charge < -0.3 is 14.5 Å². The molecule has 0 unspecified atom stereocenters. The van der Waals surface area contributed by atoms with Crippen LogP contribution in [0.5, 0.6) is 5.75 Å². The fraction of sp³-hybridized carbons (Fsp3) is 0.176. The third kappa shape index (κ3) is 2.96. The van der Waals surface area contributed by atoms with E-state index in [2.05, 4.69) is 5.32 Å². The maximum atomic E-state index is 12.2. The highest BCUT2D eigenvalue weighted by atomic mass is 16.5. The molecule has 2 aromatic carbocycles. The summed E-state index contributed by atoms with van der Waals surface area (Å²) >= 11 is 0. The van der Waals surface area contributed by atoms with E-state index in [4.69, 9.17) is 9.15 Å². The smallest absolute Gasteiger partial charge is 0.419 e. The molecule has 0 aliphatic rings. The predicted molar refractivity (Wildman–Crippen MR) is 85.6 cm³/mol. The van der Waals surface area contributed by atoms with Crippen molar-refractivity contribution in [3.8, 4) is 5.75 Å². The highest BCUT2D eigenvalue weighted by Gasteiger charge is 2.11. The van der Waals surface area contributed by atoms with Crippen LogP contribution in [0.1, 0.15) is 15.9 Å². The van der Waals surface area contributed by atoms with E-state index in [0.29, 0.717) is 23.2 Å². The third-order valence-electron chi connectivity index (χ3n) is 3.67. The molecule has 0 fully saturated rings. The number of rotatable bonds is 4. The number of carbonyl (C=O) groups excluding carboxylic acids is 1. The van der Waals surface area contributed by atoms with Crippen LogP contribution < -0.4 is 15.8 Å². The lowest BCUT2D eigenvalue weighted by atomic mass is 10.1. The maximum absolute atomic E-state index is 12.2. The molecule has 23 heavy (non-hydrogen) atoms. The number of aromatic nitrogens is 1. The van der Waals surface area contributed by atoms with Crippen molar-refractivity contribution >= 4 is 17.0 Å². The van der Waals surface area contributed by atoms with Crippen LogP contribution in [0.3, 0.4) is 0 Å². The molecule has 0 radical (unpaired) electrons. The van der Waals surface area contributed by atoms with Gasteiger partial charge in [0.15, 0.2) is 5.58 Å². The highest BCUT2D eigenvalue weighted by Crippen LogP contribution is 2.15. The van der Waals surface area contributed by atoms with Crippen LogP contribution in [0.25, 0.3) is 11.1 Å². The van der Waals surface area contributed by atoms with E-state index >= 15 is 0 Å². The molecule has 3 rings (SSSR count). The summed E-state index contributed by atoms with van der Waals surface area (Å²) in [5.41, 5.74) is 2.46. The first kappa shape index (κ1) is 14.9. The minimum absolute atomic E-state index is 0.228. The zero-order valence-electron chi connectivity index (χ0n) is 12.8. The van der Waals surface area contributed by atoms with Crippen molar-refractivity contribution in [3.05, 3.63) is 64.1 Å². The largest absolute Gasteiger partial charge is 0.497 e. The van der Waals surface area contributed by atoms with Crippen LogP contribution in [0.15, 0.2) is 51.7 Å². The molecule has 0 atom stereocenters. The SMILES string of the molecule is COc1ccc(CNC(=O)c2ccc3c(c2)oc(=O)n3C)cc1. The summed E-state index contributed by atoms with van der Waals surface area (Å²) in [6.07, 6.45) is 0. The Hall–Kier alpha value is -3.02. The van der Waals surface area contributed by atoms with Crippen molar-refractivity contribution in [2.24, 2.45) is 7.05 Å². The van der Waals surface area contributed by atoms with Gasteiger partial charge in [-0.1, -0.05) is 12.1 Å². The minimum Gasteiger partial charge on any atom is -0.497 e. The Kier molecular flexibility index (Phi) is 3.89. The maximum Gasteiger partial charge on any atom is 0.419 e. The molecule has 3 aromatic rings. The average Bonchev–Trinajstić information content (AvgIpc) is 2.87. The molecule has 0 bridgehead atoms. The normalized spacial score (nSPS) is 10.7. The van der Waals surface area contributed by atoms with Gasteiger partial charge in [-0.05, 0) is 35.9 Å². The Morgan fingerprint density at radius 3 is 2.65 bits per heavy atom. The number of hydrogen-bond donors (Lipinski definition) is 1. The lowest BCUT2D eigenvalue weighted by molar-refractivity contribution is 0.0951. The van der Waals surface area contributed by atoms with Crippen molar-refractivity contribution in [2.45, 2.75) is 6.54 Å². The number of nitrogens with zero attached hydrogens (tertiary/aromatic N) is 1. The van der Waals surface area contributed by atoms with E-state index in [1.165, 1.54) is 4.57 Å². The Morgan fingerprint density at radius 1 is 1.22 bits per heavy atom. The molecule has 0 aliphatic carbocycles. The van der Waals surface area contributed by atoms with Crippen molar-refractivity contribution in [3.63, 3.8) is 0 Å². The zero-order chi connectivity index (χ0) is 16.4. The number of methoxy groups -OCH3 is 1. The Labute approximate surface area is 132 Å². The van der Waals surface area contributed by atoms with Crippen LogP contribution in [0, 0.1) is 0 Å². The lowest BCUT2D eigenvalue weighted by Gasteiger charge is -2.06. The number of nitrogens with one attached hydrogen (secondary N) is 1. The Morgan fingerprint density at radius 2 is 1.96 bits per heavy atom. The fourth-order valence-corrected chi connectivity index (χ4v) is 2.30. The number of benzene rings is 2. The van der Waals surface area contributed by atoms with Crippen LogP contribution >= 0.6 is 0 Å². The van der Waals surface area contributed by atoms with E-state index < -0.39 is 5.76 Å². The van der Waals surface area contributed by atoms with Crippen molar-refractivity contribution in [1.29, 1.82) is 0 Å². The van der Waals surface area contributed by atoms with Crippen LogP contribution in [-0.2, 0) is 13.6 Å². The number of hydrogen-bond acceptors (Lipinski definition) is 4. The zero-order valence-corrected chi connectivity index (χ0v) is 12.8. The summed E-state index contributed by atoms with van der Waals surface area (Å²) in [5, 5.41) is 2.83. The summed E-state index contributed by atoms with van der Waals surface area (Å²) in [6.45, 7) is 0.402. The molecule has 0 spiro atoms. The summed E-state index contributed by atoms with van der Waals surface area (Å²) < 4.78 is 11.6. The lowest BCUT2D eigenvalue weighted by Crippen LogP contribution is -2.22. The van der Waals surface area contributed by atoms with Gasteiger partial charge in [-0.2, -0.15) is 0 Å². The van der Waals surface area contributed by atoms with Crippen molar-refractivity contribution in [2.75, 3.05) is 7.11 Å². The van der Waals surface area contributed by atoms with Crippen LogP contribution in [0.4, 0.5) is 0 Å².